The Morgan fingerprint density at radius 1 is 0.600 bits per heavy atom. The monoisotopic (exact) mass is 546 g/mol. The second-order valence-corrected chi connectivity index (χ2v) is 10.6. The molecular formula is C26H52KO7P. The van der Waals surface area contributed by atoms with Gasteiger partial charge in [0, 0.05) is 12.8 Å². The maximum atomic E-state index is 11.8. The average Bonchev–Trinajstić information content (AvgIpc) is 2.77. The van der Waals surface area contributed by atoms with Crippen molar-refractivity contribution in [1.29, 1.82) is 0 Å². The zero-order valence-electron chi connectivity index (χ0n) is 23.6. The number of phosphoric ester groups is 1. The van der Waals surface area contributed by atoms with Crippen LogP contribution in [0, 0.1) is 0 Å². The Hall–Kier alpha value is 0.726. The first-order valence-corrected chi connectivity index (χ1v) is 15.3. The van der Waals surface area contributed by atoms with Crippen molar-refractivity contribution in [2.75, 3.05) is 6.61 Å². The van der Waals surface area contributed by atoms with E-state index in [4.69, 9.17) is 14.5 Å². The molecule has 0 saturated heterocycles. The summed E-state index contributed by atoms with van der Waals surface area (Å²) >= 11 is 0. The molecule has 0 unspecified atom stereocenters. The zero-order chi connectivity index (χ0) is 25.3. The fraction of sp³-hybridized carbons (Fsp3) is 0.923. The Kier molecular flexibility index (Phi) is 30.0. The molecule has 0 fully saturated rings. The van der Waals surface area contributed by atoms with Gasteiger partial charge < -0.3 is 10.7 Å². The fourth-order valence-electron chi connectivity index (χ4n) is 3.98. The quantitative estimate of drug-likeness (QED) is 0.0726. The minimum Gasteiger partial charge on any atom is -1.00 e. The first-order chi connectivity index (χ1) is 16.3. The van der Waals surface area contributed by atoms with Gasteiger partial charge in [-0.2, -0.15) is 0 Å². The SMILES string of the molecule is CCCCCCCCCCCCCCCCOC(=O)CCCCCCCCC(=O)OP(=O)(O)O.[H-].[K+]. The van der Waals surface area contributed by atoms with Gasteiger partial charge in [0.15, 0.2) is 0 Å². The van der Waals surface area contributed by atoms with Crippen LogP contribution in [0.3, 0.4) is 0 Å². The molecule has 2 N–H and O–H groups in total. The molecule has 204 valence electrons. The van der Waals surface area contributed by atoms with Gasteiger partial charge in [0.1, 0.15) is 0 Å². The van der Waals surface area contributed by atoms with Gasteiger partial charge in [0.25, 0.3) is 0 Å². The maximum Gasteiger partial charge on any atom is 1.00 e. The number of ether oxygens (including phenoxy) is 1. The summed E-state index contributed by atoms with van der Waals surface area (Å²) in [5.41, 5.74) is 0. The third-order valence-corrected chi connectivity index (χ3v) is 6.43. The van der Waals surface area contributed by atoms with E-state index in [2.05, 4.69) is 11.4 Å². The maximum absolute atomic E-state index is 11.8. The van der Waals surface area contributed by atoms with Crippen molar-refractivity contribution in [3.8, 4) is 0 Å². The van der Waals surface area contributed by atoms with E-state index in [9.17, 15) is 14.2 Å². The summed E-state index contributed by atoms with van der Waals surface area (Å²) in [5.74, 6) is -0.982. The molecular weight excluding hydrogens is 494 g/mol. The molecule has 0 aromatic carbocycles. The summed E-state index contributed by atoms with van der Waals surface area (Å²) in [6.07, 6.45) is 23.8. The Morgan fingerprint density at radius 3 is 1.34 bits per heavy atom. The van der Waals surface area contributed by atoms with Crippen LogP contribution in [-0.4, -0.2) is 28.3 Å². The van der Waals surface area contributed by atoms with E-state index in [1.165, 1.54) is 77.0 Å². The molecule has 0 rings (SSSR count). The summed E-state index contributed by atoms with van der Waals surface area (Å²) in [4.78, 5) is 40.0. The van der Waals surface area contributed by atoms with Crippen molar-refractivity contribution in [3.63, 3.8) is 0 Å². The summed E-state index contributed by atoms with van der Waals surface area (Å²) in [5, 5.41) is 0. The number of rotatable bonds is 25. The van der Waals surface area contributed by atoms with Crippen LogP contribution in [0.4, 0.5) is 0 Å². The molecule has 0 aromatic heterocycles. The molecule has 0 spiro atoms. The van der Waals surface area contributed by atoms with Gasteiger partial charge in [-0.3, -0.25) is 19.4 Å². The van der Waals surface area contributed by atoms with Crippen molar-refractivity contribution >= 4 is 19.8 Å². The summed E-state index contributed by atoms with van der Waals surface area (Å²) < 4.78 is 19.8. The second-order valence-electron chi connectivity index (χ2n) is 9.39. The topological polar surface area (TPSA) is 110 Å². The molecule has 9 heteroatoms. The van der Waals surface area contributed by atoms with Crippen molar-refractivity contribution in [3.05, 3.63) is 0 Å². The number of hydrogen-bond donors (Lipinski definition) is 2. The van der Waals surface area contributed by atoms with Gasteiger partial charge in [0.05, 0.1) is 6.61 Å². The predicted octanol–water partition coefficient (Wildman–Crippen LogP) is 4.88. The first kappa shape index (κ1) is 37.9. The number of phosphoric acid groups is 1. The van der Waals surface area contributed by atoms with Crippen LogP contribution in [0.5, 0.6) is 0 Å². The molecule has 35 heavy (non-hydrogen) atoms. The Balaban J connectivity index is -0.00000544. The molecule has 7 nitrogen and oxygen atoms in total. The normalized spacial score (nSPS) is 11.2. The first-order valence-electron chi connectivity index (χ1n) is 13.8. The second kappa shape index (κ2) is 27.8. The number of unbranched alkanes of at least 4 members (excludes halogenated alkanes) is 18. The van der Waals surface area contributed by atoms with Crippen molar-refractivity contribution in [1.82, 2.24) is 0 Å². The zero-order valence-corrected chi connectivity index (χ0v) is 26.7. The molecule has 0 aliphatic carbocycles. The van der Waals surface area contributed by atoms with Crippen LogP contribution >= 0.6 is 7.82 Å². The summed E-state index contributed by atoms with van der Waals surface area (Å²) in [7, 11) is -4.72. The standard InChI is InChI=1S/C26H51O7P.K.H/c1-2-3-4-5-6-7-8-9-10-11-12-15-18-21-24-32-25(27)22-19-16-13-14-17-20-23-26(28)33-34(29,30)31;;/h2-24H2,1H3,(H2,29,30,31);;/q;+1;-1. The van der Waals surface area contributed by atoms with E-state index in [-0.39, 0.29) is 65.2 Å². The van der Waals surface area contributed by atoms with E-state index in [0.717, 1.165) is 44.9 Å². The van der Waals surface area contributed by atoms with Gasteiger partial charge in [-0.25, -0.2) is 4.57 Å². The van der Waals surface area contributed by atoms with Crippen LogP contribution in [0.1, 0.15) is 150 Å². The van der Waals surface area contributed by atoms with Gasteiger partial charge in [-0.15, -0.1) is 0 Å². The Bertz CT molecular complexity index is 546. The van der Waals surface area contributed by atoms with E-state index in [1.54, 1.807) is 0 Å². The minimum absolute atomic E-state index is 0. The fourth-order valence-corrected chi connectivity index (χ4v) is 4.34. The van der Waals surface area contributed by atoms with Gasteiger partial charge >= 0.3 is 71.1 Å². The molecule has 0 amide bonds. The van der Waals surface area contributed by atoms with Gasteiger partial charge in [-0.1, -0.05) is 116 Å². The predicted molar refractivity (Wildman–Crippen MR) is 137 cm³/mol. The molecule has 0 atom stereocenters. The van der Waals surface area contributed by atoms with Crippen molar-refractivity contribution in [2.24, 2.45) is 0 Å². The van der Waals surface area contributed by atoms with Crippen LogP contribution < -0.4 is 51.4 Å². The third kappa shape index (κ3) is 32.7. The van der Waals surface area contributed by atoms with Crippen LogP contribution in [0.25, 0.3) is 0 Å². The van der Waals surface area contributed by atoms with Crippen molar-refractivity contribution in [2.45, 2.75) is 148 Å². The number of esters is 1. The third-order valence-electron chi connectivity index (χ3n) is 5.99. The largest absolute Gasteiger partial charge is 1.00 e. The molecule has 0 saturated carbocycles. The van der Waals surface area contributed by atoms with E-state index in [1.807, 2.05) is 0 Å². The molecule has 0 aromatic rings. The van der Waals surface area contributed by atoms with E-state index < -0.39 is 13.8 Å². The Morgan fingerprint density at radius 2 is 0.943 bits per heavy atom. The van der Waals surface area contributed by atoms with Crippen LogP contribution in [0.2, 0.25) is 0 Å². The number of carbonyl (C=O) groups excluding carboxylic acids is 2. The Labute approximate surface area is 258 Å². The van der Waals surface area contributed by atoms with Gasteiger partial charge in [0.2, 0.25) is 0 Å². The number of carbonyl (C=O) groups is 2. The van der Waals surface area contributed by atoms with E-state index >= 15 is 0 Å². The van der Waals surface area contributed by atoms with Crippen molar-refractivity contribution < 1.29 is 86.0 Å². The molecule has 0 heterocycles. The minimum atomic E-state index is -4.72. The van der Waals surface area contributed by atoms with Crippen LogP contribution in [0.15, 0.2) is 0 Å². The van der Waals surface area contributed by atoms with Crippen LogP contribution in [-0.2, 0) is 23.4 Å². The average molecular weight is 547 g/mol. The molecule has 0 aliphatic heterocycles. The number of hydrogen-bond acceptors (Lipinski definition) is 5. The summed E-state index contributed by atoms with van der Waals surface area (Å²) in [6.45, 7) is 2.79. The smallest absolute Gasteiger partial charge is 1.00 e. The molecule has 0 bridgehead atoms. The molecule has 0 radical (unpaired) electrons. The van der Waals surface area contributed by atoms with Gasteiger partial charge in [-0.05, 0) is 19.3 Å². The molecule has 0 aliphatic rings. The van der Waals surface area contributed by atoms with E-state index in [0.29, 0.717) is 19.4 Å². The summed E-state index contributed by atoms with van der Waals surface area (Å²) in [6, 6.07) is 0.